The van der Waals surface area contributed by atoms with E-state index < -0.39 is 79.4 Å². The number of nitrogens with zero attached hydrogens (tertiary/aromatic N) is 3. The fraction of sp³-hybridized carbons (Fsp3) is 0.395. The van der Waals surface area contributed by atoms with Crippen molar-refractivity contribution >= 4 is 30.0 Å². The minimum absolute atomic E-state index is 0.0506. The van der Waals surface area contributed by atoms with Crippen LogP contribution >= 0.6 is 0 Å². The number of rotatable bonds is 14. The number of benzene rings is 3. The first-order chi connectivity index (χ1) is 26.0. The third-order valence-corrected chi connectivity index (χ3v) is 8.77. The molecular formula is C38H40N4O12. The molecule has 1 heterocycles. The molecule has 7 atom stereocenters. The topological polar surface area (TPSA) is 211 Å². The number of azide groups is 1. The van der Waals surface area contributed by atoms with E-state index in [2.05, 4.69) is 15.3 Å². The molecular weight excluding hydrogens is 704 g/mol. The molecule has 0 aromatic heterocycles. The summed E-state index contributed by atoms with van der Waals surface area (Å²) in [7, 11) is 0. The molecule has 1 N–H and O–H groups in total. The van der Waals surface area contributed by atoms with E-state index in [9.17, 15) is 29.5 Å². The Morgan fingerprint density at radius 1 is 0.778 bits per heavy atom. The molecule has 0 bridgehead atoms. The summed E-state index contributed by atoms with van der Waals surface area (Å²) >= 11 is 0. The number of alkyl carbamates (subject to hydrolysis) is 1. The number of nitrogens with one attached hydrogen (secondary N) is 1. The van der Waals surface area contributed by atoms with E-state index in [1.54, 1.807) is 30.3 Å². The monoisotopic (exact) mass is 744 g/mol. The largest absolute Gasteiger partial charge is 0.463 e. The lowest BCUT2D eigenvalue weighted by Gasteiger charge is -2.44. The fourth-order valence-corrected chi connectivity index (χ4v) is 6.42. The van der Waals surface area contributed by atoms with Gasteiger partial charge in [0.15, 0.2) is 24.5 Å². The summed E-state index contributed by atoms with van der Waals surface area (Å²) in [6.45, 7) is 4.08. The van der Waals surface area contributed by atoms with Crippen molar-refractivity contribution in [1.29, 1.82) is 0 Å². The molecule has 0 spiro atoms. The van der Waals surface area contributed by atoms with E-state index in [1.807, 2.05) is 48.5 Å². The second-order valence-corrected chi connectivity index (χ2v) is 12.6. The number of ether oxygens (including phenoxy) is 7. The summed E-state index contributed by atoms with van der Waals surface area (Å²) in [4.78, 5) is 66.0. The van der Waals surface area contributed by atoms with Gasteiger partial charge >= 0.3 is 30.0 Å². The Hall–Kier alpha value is -5.96. The molecule has 16 heteroatoms. The van der Waals surface area contributed by atoms with Gasteiger partial charge in [-0.2, -0.15) is 0 Å². The highest BCUT2D eigenvalue weighted by molar-refractivity contribution is 5.82. The van der Waals surface area contributed by atoms with E-state index in [1.165, 1.54) is 6.92 Å². The van der Waals surface area contributed by atoms with Crippen molar-refractivity contribution in [1.82, 2.24) is 5.32 Å². The van der Waals surface area contributed by atoms with E-state index in [-0.39, 0.29) is 19.1 Å². The van der Waals surface area contributed by atoms with Gasteiger partial charge in [-0.05, 0) is 40.3 Å². The van der Waals surface area contributed by atoms with Crippen LogP contribution in [0.2, 0.25) is 0 Å². The quantitative estimate of drug-likeness (QED) is 0.0770. The van der Waals surface area contributed by atoms with Crippen LogP contribution in [0.4, 0.5) is 4.79 Å². The van der Waals surface area contributed by atoms with Crippen LogP contribution in [0, 0.1) is 0 Å². The van der Waals surface area contributed by atoms with Crippen molar-refractivity contribution in [2.45, 2.75) is 83.0 Å². The number of fused-ring (bicyclic) bond motifs is 3. The van der Waals surface area contributed by atoms with Crippen LogP contribution in [0.3, 0.4) is 0 Å². The number of carbonyl (C=O) groups excluding carboxylic acids is 5. The van der Waals surface area contributed by atoms with Gasteiger partial charge in [0.1, 0.15) is 32.0 Å². The van der Waals surface area contributed by atoms with Gasteiger partial charge in [-0.15, -0.1) is 0 Å². The summed E-state index contributed by atoms with van der Waals surface area (Å²) in [6.07, 6.45) is -8.00. The number of hydrogen-bond acceptors (Lipinski definition) is 13. The average molecular weight is 745 g/mol. The Morgan fingerprint density at radius 3 is 1.96 bits per heavy atom. The number of esters is 4. The first-order valence-electron chi connectivity index (χ1n) is 17.1. The highest BCUT2D eigenvalue weighted by Gasteiger charge is 2.51. The van der Waals surface area contributed by atoms with Crippen molar-refractivity contribution in [3.8, 4) is 11.1 Å². The third kappa shape index (κ3) is 9.72. The highest BCUT2D eigenvalue weighted by atomic mass is 16.7. The SMILES string of the molecule is CC(=O)OC[C@H]1O[C@H](O[C@H](C)[C@H](NC(=O)OCC2c3ccccc3-c3ccccc32)C(=O)OCc2ccccc2)[C@H](N=[N+]=[N-])[C@@H](OC(C)=O)[C@H]1OC(C)=O. The van der Waals surface area contributed by atoms with Crippen LogP contribution < -0.4 is 5.32 Å². The molecule has 1 saturated heterocycles. The standard InChI is InChI=1S/C38H40N4O12/c1-21(51-37-33(41-42-39)35(53-24(4)45)34(52-23(3)44)31(54-37)20-48-22(2)43)32(36(46)49-18-25-12-6-5-7-13-25)40-38(47)50-19-30-28-16-10-8-14-26(28)27-15-9-11-17-29(27)30/h5-17,21,30-35,37H,18-20H2,1-4H3,(H,40,47)/t21-,31-,32+,33-,34+,35-,37+/m1/s1. The summed E-state index contributed by atoms with van der Waals surface area (Å²) < 4.78 is 39.4. The smallest absolute Gasteiger partial charge is 0.407 e. The van der Waals surface area contributed by atoms with E-state index in [4.69, 9.17) is 33.2 Å². The zero-order chi connectivity index (χ0) is 38.8. The molecule has 3 aromatic carbocycles. The molecule has 16 nitrogen and oxygen atoms in total. The van der Waals surface area contributed by atoms with E-state index >= 15 is 0 Å². The van der Waals surface area contributed by atoms with Gasteiger partial charge in [0.2, 0.25) is 0 Å². The molecule has 1 aliphatic carbocycles. The first kappa shape index (κ1) is 39.3. The Kier molecular flexibility index (Phi) is 13.2. The van der Waals surface area contributed by atoms with Crippen molar-refractivity contribution in [2.24, 2.45) is 5.11 Å². The maximum Gasteiger partial charge on any atom is 0.407 e. The lowest BCUT2D eigenvalue weighted by Crippen LogP contribution is -2.62. The lowest BCUT2D eigenvalue weighted by molar-refractivity contribution is -0.284. The minimum atomic E-state index is -1.60. The van der Waals surface area contributed by atoms with Crippen LogP contribution in [0.15, 0.2) is 84.0 Å². The summed E-state index contributed by atoms with van der Waals surface area (Å²) in [5.74, 6) is -3.48. The van der Waals surface area contributed by atoms with E-state index in [0.29, 0.717) is 5.56 Å². The molecule has 284 valence electrons. The van der Waals surface area contributed by atoms with Gasteiger partial charge in [-0.25, -0.2) is 9.59 Å². The summed E-state index contributed by atoms with van der Waals surface area (Å²) in [5, 5.41) is 6.26. The average Bonchev–Trinajstić information content (AvgIpc) is 3.47. The molecule has 1 fully saturated rings. The van der Waals surface area contributed by atoms with Crippen LogP contribution in [0.25, 0.3) is 21.6 Å². The number of carbonyl (C=O) groups is 5. The van der Waals surface area contributed by atoms with Gasteiger partial charge in [-0.3, -0.25) is 14.4 Å². The van der Waals surface area contributed by atoms with Crippen molar-refractivity contribution < 1.29 is 57.1 Å². The number of amides is 1. The molecule has 3 aromatic rings. The maximum atomic E-state index is 13.7. The van der Waals surface area contributed by atoms with Gasteiger partial charge < -0.3 is 38.5 Å². The highest BCUT2D eigenvalue weighted by Crippen LogP contribution is 2.44. The Morgan fingerprint density at radius 2 is 1.37 bits per heavy atom. The third-order valence-electron chi connectivity index (χ3n) is 8.77. The van der Waals surface area contributed by atoms with Gasteiger partial charge in [-0.1, -0.05) is 84.0 Å². The molecule has 1 amide bonds. The molecule has 1 aliphatic heterocycles. The van der Waals surface area contributed by atoms with E-state index in [0.717, 1.165) is 43.0 Å². The van der Waals surface area contributed by atoms with Gasteiger partial charge in [0, 0.05) is 31.6 Å². The maximum absolute atomic E-state index is 13.7. The second kappa shape index (κ2) is 18.2. The van der Waals surface area contributed by atoms with Crippen LogP contribution in [-0.2, 0) is 58.9 Å². The van der Waals surface area contributed by atoms with Crippen LogP contribution in [0.1, 0.15) is 50.3 Å². The van der Waals surface area contributed by atoms with Gasteiger partial charge in [0.05, 0.1) is 6.10 Å². The fourth-order valence-electron chi connectivity index (χ4n) is 6.42. The predicted octanol–water partition coefficient (Wildman–Crippen LogP) is 4.87. The van der Waals surface area contributed by atoms with Gasteiger partial charge in [0.25, 0.3) is 0 Å². The molecule has 5 rings (SSSR count). The van der Waals surface area contributed by atoms with Crippen molar-refractivity contribution in [3.63, 3.8) is 0 Å². The zero-order valence-corrected chi connectivity index (χ0v) is 30.0. The van der Waals surface area contributed by atoms with Crippen LogP contribution in [-0.4, -0.2) is 86.0 Å². The summed E-state index contributed by atoms with van der Waals surface area (Å²) in [5.41, 5.74) is 14.2. The molecule has 0 saturated carbocycles. The molecule has 0 unspecified atom stereocenters. The Labute approximate surface area is 310 Å². The van der Waals surface area contributed by atoms with Crippen LogP contribution in [0.5, 0.6) is 0 Å². The minimum Gasteiger partial charge on any atom is -0.463 e. The Bertz CT molecular complexity index is 1840. The first-order valence-corrected chi connectivity index (χ1v) is 17.1. The molecule has 2 aliphatic rings. The Balaban J connectivity index is 1.38. The normalized spacial score (nSPS) is 21.1. The zero-order valence-electron chi connectivity index (χ0n) is 30.0. The molecule has 54 heavy (non-hydrogen) atoms. The summed E-state index contributed by atoms with van der Waals surface area (Å²) in [6, 6.07) is 21.4. The van der Waals surface area contributed by atoms with Crippen molar-refractivity contribution in [3.05, 3.63) is 106 Å². The lowest BCUT2D eigenvalue weighted by atomic mass is 9.96. The molecule has 0 radical (unpaired) electrons. The van der Waals surface area contributed by atoms with Crippen molar-refractivity contribution in [2.75, 3.05) is 13.2 Å². The predicted molar refractivity (Wildman–Crippen MR) is 188 cm³/mol. The number of hydrogen-bond donors (Lipinski definition) is 1. The second-order valence-electron chi connectivity index (χ2n) is 12.6.